The molecule has 7 rings (SSSR count). The van der Waals surface area contributed by atoms with Crippen molar-refractivity contribution in [3.8, 4) is 34.1 Å². The van der Waals surface area contributed by atoms with Crippen molar-refractivity contribution < 1.29 is 4.74 Å². The Kier molecular flexibility index (Phi) is 8.85. The van der Waals surface area contributed by atoms with Gasteiger partial charge in [-0.05, 0) is 108 Å². The van der Waals surface area contributed by atoms with Gasteiger partial charge in [-0.2, -0.15) is 5.10 Å². The Morgan fingerprint density at radius 2 is 1.49 bits per heavy atom. The number of fused-ring (bicyclic) bond motifs is 3. The standard InChI is InChI=1S/C44H46N4O/c1-28(2)21-32-15-17-37(30(5)6)40(22-29(3)4)44(32)33-26-46-47(27-33)34-11-10-12-35(24-34)49-36-16-18-39-38-13-8-9-14-41(38)48(42(39)25-36)43-23-31(7)19-20-45-43/h8-20,23-30H,21-22H2,1-7H3. The van der Waals surface area contributed by atoms with E-state index in [4.69, 9.17) is 14.8 Å². The summed E-state index contributed by atoms with van der Waals surface area (Å²) < 4.78 is 10.7. The molecule has 0 fully saturated rings. The zero-order valence-corrected chi connectivity index (χ0v) is 29.7. The largest absolute Gasteiger partial charge is 0.457 e. The van der Waals surface area contributed by atoms with Gasteiger partial charge in [0.1, 0.15) is 17.3 Å². The molecule has 5 nitrogen and oxygen atoms in total. The molecular formula is C44H46N4O. The van der Waals surface area contributed by atoms with Gasteiger partial charge in [0.2, 0.25) is 0 Å². The Morgan fingerprint density at radius 1 is 0.714 bits per heavy atom. The maximum absolute atomic E-state index is 6.54. The third-order valence-electron chi connectivity index (χ3n) is 9.26. The van der Waals surface area contributed by atoms with Crippen LogP contribution < -0.4 is 4.74 Å². The predicted molar refractivity (Wildman–Crippen MR) is 204 cm³/mol. The highest BCUT2D eigenvalue weighted by atomic mass is 16.5. The van der Waals surface area contributed by atoms with E-state index in [9.17, 15) is 0 Å². The number of ether oxygens (including phenoxy) is 1. The van der Waals surface area contributed by atoms with Crippen molar-refractivity contribution in [2.75, 3.05) is 0 Å². The Bertz CT molecular complexity index is 2270. The molecule has 4 aromatic carbocycles. The molecule has 0 saturated carbocycles. The molecule has 3 aromatic heterocycles. The molecule has 7 aromatic rings. The Balaban J connectivity index is 1.25. The van der Waals surface area contributed by atoms with Crippen molar-refractivity contribution >= 4 is 21.8 Å². The summed E-state index contributed by atoms with van der Waals surface area (Å²) in [5, 5.41) is 7.25. The van der Waals surface area contributed by atoms with Crippen LogP contribution in [0.3, 0.4) is 0 Å². The van der Waals surface area contributed by atoms with Crippen molar-refractivity contribution in [3.63, 3.8) is 0 Å². The summed E-state index contributed by atoms with van der Waals surface area (Å²) in [6.07, 6.45) is 8.18. The summed E-state index contributed by atoms with van der Waals surface area (Å²) in [4.78, 5) is 4.73. The quantitative estimate of drug-likeness (QED) is 0.149. The van der Waals surface area contributed by atoms with Crippen molar-refractivity contribution in [1.29, 1.82) is 0 Å². The van der Waals surface area contributed by atoms with Crippen LogP contribution in [0.2, 0.25) is 0 Å². The van der Waals surface area contributed by atoms with Gasteiger partial charge in [-0.15, -0.1) is 0 Å². The number of aromatic nitrogens is 4. The van der Waals surface area contributed by atoms with Crippen molar-refractivity contribution in [1.82, 2.24) is 19.3 Å². The van der Waals surface area contributed by atoms with Crippen LogP contribution in [0.4, 0.5) is 0 Å². The number of nitrogens with zero attached hydrogens (tertiary/aromatic N) is 4. The molecule has 0 bridgehead atoms. The van der Waals surface area contributed by atoms with Crippen LogP contribution in [0, 0.1) is 18.8 Å². The number of pyridine rings is 1. The fraction of sp³-hybridized carbons (Fsp3) is 0.273. The molecular weight excluding hydrogens is 601 g/mol. The van der Waals surface area contributed by atoms with Gasteiger partial charge in [0.15, 0.2) is 0 Å². The number of hydrogen-bond acceptors (Lipinski definition) is 3. The second-order valence-corrected chi connectivity index (χ2v) is 14.5. The minimum absolute atomic E-state index is 0.456. The number of para-hydroxylation sites is 1. The third kappa shape index (κ3) is 6.50. The summed E-state index contributed by atoms with van der Waals surface area (Å²) in [6.45, 7) is 15.9. The molecule has 0 amide bonds. The lowest BCUT2D eigenvalue weighted by Crippen LogP contribution is -2.07. The number of benzene rings is 4. The maximum Gasteiger partial charge on any atom is 0.137 e. The molecule has 49 heavy (non-hydrogen) atoms. The minimum Gasteiger partial charge on any atom is -0.457 e. The average Bonchev–Trinajstić information content (AvgIpc) is 3.67. The summed E-state index contributed by atoms with van der Waals surface area (Å²) >= 11 is 0. The van der Waals surface area contributed by atoms with Crippen molar-refractivity contribution in [3.05, 3.63) is 132 Å². The zero-order valence-electron chi connectivity index (χ0n) is 29.7. The van der Waals surface area contributed by atoms with E-state index < -0.39 is 0 Å². The van der Waals surface area contributed by atoms with E-state index in [1.54, 1.807) is 0 Å². The van der Waals surface area contributed by atoms with Crippen LogP contribution in [-0.2, 0) is 12.8 Å². The van der Waals surface area contributed by atoms with Crippen molar-refractivity contribution in [2.45, 2.75) is 67.2 Å². The lowest BCUT2D eigenvalue weighted by Gasteiger charge is -2.22. The first kappa shape index (κ1) is 32.4. The number of aryl methyl sites for hydroxylation is 1. The topological polar surface area (TPSA) is 44.9 Å². The van der Waals surface area contributed by atoms with Gasteiger partial charge in [0.25, 0.3) is 0 Å². The van der Waals surface area contributed by atoms with Gasteiger partial charge in [0, 0.05) is 40.9 Å². The van der Waals surface area contributed by atoms with Gasteiger partial charge < -0.3 is 4.74 Å². The van der Waals surface area contributed by atoms with Crippen LogP contribution in [0.15, 0.2) is 110 Å². The predicted octanol–water partition coefficient (Wildman–Crippen LogP) is 11.7. The Hall–Kier alpha value is -5.16. The monoisotopic (exact) mass is 646 g/mol. The SMILES string of the molecule is Cc1ccnc(-n2c3ccccc3c3ccc(Oc4cccc(-n5cc(-c6c(CC(C)C)ccc(C(C)C)c6CC(C)C)cn5)c4)cc32)c1. The molecule has 0 aliphatic rings. The Labute approximate surface area is 290 Å². The minimum atomic E-state index is 0.456. The van der Waals surface area contributed by atoms with E-state index in [-0.39, 0.29) is 0 Å². The molecule has 0 saturated heterocycles. The van der Waals surface area contributed by atoms with E-state index >= 15 is 0 Å². The Morgan fingerprint density at radius 3 is 2.27 bits per heavy atom. The first-order valence-electron chi connectivity index (χ1n) is 17.6. The fourth-order valence-electron chi connectivity index (χ4n) is 7.17. The van der Waals surface area contributed by atoms with E-state index in [1.807, 2.05) is 35.3 Å². The normalized spacial score (nSPS) is 11.9. The maximum atomic E-state index is 6.54. The van der Waals surface area contributed by atoms with Crippen LogP contribution in [0.25, 0.3) is 44.4 Å². The molecule has 0 radical (unpaired) electrons. The van der Waals surface area contributed by atoms with E-state index in [2.05, 4.69) is 132 Å². The molecule has 0 aliphatic heterocycles. The van der Waals surface area contributed by atoms with Crippen LogP contribution in [0.5, 0.6) is 11.5 Å². The van der Waals surface area contributed by atoms with Crippen LogP contribution in [-0.4, -0.2) is 19.3 Å². The smallest absolute Gasteiger partial charge is 0.137 e. The molecule has 0 N–H and O–H groups in total. The van der Waals surface area contributed by atoms with Gasteiger partial charge in [-0.25, -0.2) is 9.67 Å². The van der Waals surface area contributed by atoms with Gasteiger partial charge in [-0.3, -0.25) is 4.57 Å². The number of rotatable bonds is 10. The second-order valence-electron chi connectivity index (χ2n) is 14.5. The van der Waals surface area contributed by atoms with Crippen molar-refractivity contribution in [2.24, 2.45) is 11.8 Å². The average molecular weight is 647 g/mol. The lowest BCUT2D eigenvalue weighted by molar-refractivity contribution is 0.483. The van der Waals surface area contributed by atoms with E-state index in [0.717, 1.165) is 46.9 Å². The first-order chi connectivity index (χ1) is 23.7. The molecule has 248 valence electrons. The summed E-state index contributed by atoms with van der Waals surface area (Å²) in [5.74, 6) is 4.00. The second kappa shape index (κ2) is 13.4. The highest BCUT2D eigenvalue weighted by Gasteiger charge is 2.20. The van der Waals surface area contributed by atoms with Crippen LogP contribution >= 0.6 is 0 Å². The fourth-order valence-corrected chi connectivity index (χ4v) is 7.17. The highest BCUT2D eigenvalue weighted by molar-refractivity contribution is 6.09. The molecule has 0 aliphatic carbocycles. The van der Waals surface area contributed by atoms with Gasteiger partial charge in [-0.1, -0.05) is 77.9 Å². The van der Waals surface area contributed by atoms with Gasteiger partial charge >= 0.3 is 0 Å². The lowest BCUT2D eigenvalue weighted by atomic mass is 9.82. The first-order valence-corrected chi connectivity index (χ1v) is 17.6. The number of hydrogen-bond donors (Lipinski definition) is 0. The van der Waals surface area contributed by atoms with E-state index in [1.165, 1.54) is 44.2 Å². The summed E-state index contributed by atoms with van der Waals surface area (Å²) in [7, 11) is 0. The molecule has 5 heteroatoms. The third-order valence-corrected chi connectivity index (χ3v) is 9.26. The summed E-state index contributed by atoms with van der Waals surface area (Å²) in [6, 6.07) is 31.9. The van der Waals surface area contributed by atoms with Crippen LogP contribution in [0.1, 0.15) is 69.7 Å². The van der Waals surface area contributed by atoms with E-state index in [0.29, 0.717) is 17.8 Å². The molecule has 0 spiro atoms. The summed E-state index contributed by atoms with van der Waals surface area (Å²) in [5.41, 5.74) is 11.1. The highest BCUT2D eigenvalue weighted by Crippen LogP contribution is 2.38. The molecule has 0 unspecified atom stereocenters. The zero-order chi connectivity index (χ0) is 34.2. The molecule has 0 atom stereocenters. The van der Waals surface area contributed by atoms with Gasteiger partial charge in [0.05, 0.1) is 22.9 Å². The molecule has 3 heterocycles.